The van der Waals surface area contributed by atoms with Gasteiger partial charge in [0.2, 0.25) is 0 Å². The zero-order chi connectivity index (χ0) is 43.8. The van der Waals surface area contributed by atoms with Crippen LogP contribution in [0.2, 0.25) is 5.15 Å². The van der Waals surface area contributed by atoms with Crippen LogP contribution in [0.4, 0.5) is 17.5 Å². The van der Waals surface area contributed by atoms with Crippen molar-refractivity contribution in [1.29, 1.82) is 0 Å². The van der Waals surface area contributed by atoms with E-state index in [1.54, 1.807) is 71.0 Å². The van der Waals surface area contributed by atoms with Crippen molar-refractivity contribution in [2.24, 2.45) is 4.99 Å². The van der Waals surface area contributed by atoms with Gasteiger partial charge in [-0.05, 0) is 105 Å². The minimum atomic E-state index is -1.41. The summed E-state index contributed by atoms with van der Waals surface area (Å²) in [4.78, 5) is 36.9. The summed E-state index contributed by atoms with van der Waals surface area (Å²) in [6.07, 6.45) is 20.8. The summed E-state index contributed by atoms with van der Waals surface area (Å²) in [5, 5.41) is 28.4. The van der Waals surface area contributed by atoms with Crippen molar-refractivity contribution in [3.63, 3.8) is 0 Å². The van der Waals surface area contributed by atoms with Crippen LogP contribution in [0, 0.1) is 7.40 Å². The van der Waals surface area contributed by atoms with Crippen LogP contribution in [0.1, 0.15) is 0 Å². The number of hydrogen-bond donors (Lipinski definition) is 5. The van der Waals surface area contributed by atoms with Crippen molar-refractivity contribution in [1.82, 2.24) is 59.4 Å². The number of hydrogen-bond acceptors (Lipinski definition) is 16. The predicted molar refractivity (Wildman–Crippen MR) is 259 cm³/mol. The normalized spacial score (nSPS) is 11.0. The third kappa shape index (κ3) is 12.7. The lowest BCUT2D eigenvalue weighted by molar-refractivity contribution is 0.426. The summed E-state index contributed by atoms with van der Waals surface area (Å²) >= 11 is 9.62. The lowest BCUT2D eigenvalue weighted by Crippen LogP contribution is -2.29. The lowest BCUT2D eigenvalue weighted by atomic mass is 9.80. The molecule has 0 spiro atoms. The molecule has 22 heteroatoms. The van der Waals surface area contributed by atoms with Gasteiger partial charge in [0.15, 0.2) is 16.8 Å². The third-order valence-electron chi connectivity index (χ3n) is 7.99. The van der Waals surface area contributed by atoms with Crippen LogP contribution in [0.3, 0.4) is 0 Å². The van der Waals surface area contributed by atoms with Gasteiger partial charge in [-0.15, -0.1) is 0 Å². The molecule has 0 bridgehead atoms. The van der Waals surface area contributed by atoms with Crippen LogP contribution in [-0.4, -0.2) is 89.4 Å². The summed E-state index contributed by atoms with van der Waals surface area (Å²) in [7, 11) is -1.41. The molecule has 7 aromatic heterocycles. The number of nitrogen functional groups attached to an aromatic ring is 3. The molecule has 0 atom stereocenters. The monoisotopic (exact) mass is 1070 g/mol. The first-order valence-electron chi connectivity index (χ1n) is 18.1. The van der Waals surface area contributed by atoms with Gasteiger partial charge in [0.05, 0.1) is 36.2 Å². The molecule has 0 fully saturated rings. The minimum absolute atomic E-state index is 0.348. The fraction of sp³-hybridized carbons (Fsp3) is 0.0250. The first-order valence-corrected chi connectivity index (χ1v) is 20.6. The van der Waals surface area contributed by atoms with Gasteiger partial charge in [-0.1, -0.05) is 48.0 Å². The average Bonchev–Trinajstić information content (AvgIpc) is 4.13. The van der Waals surface area contributed by atoms with E-state index < -0.39 is 7.12 Å². The fourth-order valence-corrected chi connectivity index (χ4v) is 6.13. The zero-order valence-corrected chi connectivity index (χ0v) is 37.3. The molecule has 1 aliphatic rings. The topological polar surface area (TPSA) is 270 Å². The number of aliphatic imine (C=N–C) groups is 1. The van der Waals surface area contributed by atoms with E-state index in [4.69, 9.17) is 38.8 Å². The van der Waals surface area contributed by atoms with Gasteiger partial charge in [0.1, 0.15) is 30.5 Å². The van der Waals surface area contributed by atoms with Gasteiger partial charge in [-0.3, -0.25) is 15.0 Å². The van der Waals surface area contributed by atoms with E-state index in [2.05, 4.69) is 77.7 Å². The number of fused-ring (bicyclic) bond motifs is 2. The van der Waals surface area contributed by atoms with E-state index in [-0.39, 0.29) is 0 Å². The van der Waals surface area contributed by atoms with E-state index in [1.807, 2.05) is 95.5 Å². The molecule has 0 saturated carbocycles. The van der Waals surface area contributed by atoms with Gasteiger partial charge in [0, 0.05) is 54.3 Å². The Balaban J connectivity index is 0.000000139. The Kier molecular flexibility index (Phi) is 16.2. The molecule has 62 heavy (non-hydrogen) atoms. The quantitative estimate of drug-likeness (QED) is 0.112. The highest BCUT2D eigenvalue weighted by molar-refractivity contribution is 14.1. The summed E-state index contributed by atoms with van der Waals surface area (Å²) in [5.41, 5.74) is 20.5. The standard InChI is InChI=1S/C16H12N6.C9H8BNO2.C7H6IN5.C4H3ClIN3.C4H5N/c17-14-10-19-15(16(21-14)22-8-2-7-20-22)12-4-5-13-11(9-12)3-1-6-18-13;12-10(13)8-3-4-9-7(6-8)2-1-5-11-9;8-6-7(12-5(9)4-10-6)13-3-1-2-11-13;5-3-4(6)8-1-2(7)9-3;1-2-4-5-3-1/h1-10H,(H2,17,21);1-6,12-13H;1-4H,(H2,9,12);1H,(H2,7,9);1-3H,4H2. The molecule has 18 nitrogen and oxygen atoms in total. The van der Waals surface area contributed by atoms with Crippen LogP contribution < -0.4 is 22.7 Å². The highest BCUT2D eigenvalue weighted by Gasteiger charge is 2.13. The van der Waals surface area contributed by atoms with Crippen molar-refractivity contribution in [3.05, 3.63) is 153 Å². The maximum Gasteiger partial charge on any atom is 0.488 e. The molecule has 310 valence electrons. The number of aromatic nitrogens is 12. The number of nitrogens with zero attached hydrogens (tertiary/aromatic N) is 13. The summed E-state index contributed by atoms with van der Waals surface area (Å²) in [5.74, 6) is 2.36. The average molecular weight is 1070 g/mol. The Bertz CT molecular complexity index is 2910. The molecular weight excluding hydrogens is 1040 g/mol. The van der Waals surface area contributed by atoms with E-state index in [0.29, 0.717) is 43.4 Å². The van der Waals surface area contributed by atoms with Crippen molar-refractivity contribution in [3.8, 4) is 22.9 Å². The van der Waals surface area contributed by atoms with Crippen molar-refractivity contribution in [2.75, 3.05) is 23.7 Å². The molecule has 9 aromatic rings. The largest absolute Gasteiger partial charge is 0.488 e. The third-order valence-corrected chi connectivity index (χ3v) is 10.1. The second kappa shape index (κ2) is 22.3. The number of benzene rings is 2. The van der Waals surface area contributed by atoms with Crippen LogP contribution in [0.5, 0.6) is 0 Å². The smallest absolute Gasteiger partial charge is 0.423 e. The number of pyridine rings is 2. The first kappa shape index (κ1) is 45.0. The molecule has 10 rings (SSSR count). The molecule has 8 heterocycles. The Labute approximate surface area is 386 Å². The maximum atomic E-state index is 8.92. The van der Waals surface area contributed by atoms with Crippen LogP contribution >= 0.6 is 56.8 Å². The summed E-state index contributed by atoms with van der Waals surface area (Å²) in [6, 6.07) is 22.4. The zero-order valence-electron chi connectivity index (χ0n) is 32.2. The number of anilines is 3. The van der Waals surface area contributed by atoms with Crippen LogP contribution in [0.15, 0.2) is 146 Å². The second-order valence-corrected chi connectivity index (χ2v) is 14.7. The number of rotatable bonds is 4. The fourth-order valence-electron chi connectivity index (χ4n) is 5.21. The van der Waals surface area contributed by atoms with Gasteiger partial charge < -0.3 is 27.2 Å². The van der Waals surface area contributed by atoms with Crippen molar-refractivity contribution >= 4 is 115 Å². The van der Waals surface area contributed by atoms with Gasteiger partial charge in [-0.2, -0.15) is 10.2 Å². The SMILES string of the molecule is C1=CCN=C1.Nc1cnc(-c2ccc3ncccc3c2)c(-n2cccn2)n1.Nc1cnc(I)c(-n2cccn2)n1.Nc1cnc(I)c(Cl)n1.OB(O)c1ccc2ncccc2c1. The molecule has 8 N–H and O–H groups in total. The van der Waals surface area contributed by atoms with Gasteiger partial charge >= 0.3 is 7.12 Å². The molecule has 2 aromatic carbocycles. The summed E-state index contributed by atoms with van der Waals surface area (Å²) < 4.78 is 4.73. The Hall–Kier alpha value is -6.54. The first-order chi connectivity index (χ1) is 30.0. The Morgan fingerprint density at radius 1 is 0.629 bits per heavy atom. The highest BCUT2D eigenvalue weighted by Crippen LogP contribution is 2.26. The molecular formula is C40H34BClI2N16O2. The van der Waals surface area contributed by atoms with E-state index in [9.17, 15) is 0 Å². The summed E-state index contributed by atoms with van der Waals surface area (Å²) in [6.45, 7) is 0.889. The maximum absolute atomic E-state index is 8.92. The van der Waals surface area contributed by atoms with Crippen molar-refractivity contribution in [2.45, 2.75) is 0 Å². The van der Waals surface area contributed by atoms with Gasteiger partial charge in [-0.25, -0.2) is 39.3 Å². The van der Waals surface area contributed by atoms with E-state index in [1.165, 1.54) is 12.4 Å². The molecule has 0 saturated heterocycles. The van der Waals surface area contributed by atoms with Crippen LogP contribution in [0.25, 0.3) is 44.7 Å². The second-order valence-electron chi connectivity index (χ2n) is 12.3. The Morgan fingerprint density at radius 3 is 1.76 bits per heavy atom. The molecule has 0 aliphatic carbocycles. The minimum Gasteiger partial charge on any atom is -0.423 e. The number of nitrogens with two attached hydrogens (primary N) is 3. The number of halogens is 3. The lowest BCUT2D eigenvalue weighted by Gasteiger charge is -2.09. The van der Waals surface area contributed by atoms with Crippen LogP contribution in [-0.2, 0) is 0 Å². The van der Waals surface area contributed by atoms with Gasteiger partial charge in [0.25, 0.3) is 0 Å². The molecule has 0 amide bonds. The highest BCUT2D eigenvalue weighted by atomic mass is 127. The molecule has 0 unspecified atom stereocenters. The van der Waals surface area contributed by atoms with E-state index >= 15 is 0 Å². The Morgan fingerprint density at radius 2 is 1.21 bits per heavy atom. The van der Waals surface area contributed by atoms with Crippen molar-refractivity contribution < 1.29 is 10.0 Å². The molecule has 1 aliphatic heterocycles. The predicted octanol–water partition coefficient (Wildman–Crippen LogP) is 5.17. The van der Waals surface area contributed by atoms with E-state index in [0.717, 1.165) is 43.3 Å². The molecule has 0 radical (unpaired) electrons. The number of allylic oxidation sites excluding steroid dienone is 1.